The van der Waals surface area contributed by atoms with Crippen molar-refractivity contribution in [3.8, 4) is 11.5 Å². The molecule has 6 heteroatoms. The van der Waals surface area contributed by atoms with Crippen LogP contribution in [-0.4, -0.2) is 34.4 Å². The van der Waals surface area contributed by atoms with Gasteiger partial charge in [0.05, 0.1) is 0 Å². The summed E-state index contributed by atoms with van der Waals surface area (Å²) in [6.07, 6.45) is 3.54. The van der Waals surface area contributed by atoms with E-state index in [1.165, 1.54) is 6.92 Å². The first-order valence-electron chi connectivity index (χ1n) is 9.51. The maximum Gasteiger partial charge on any atom is 0.255 e. The molecule has 1 fully saturated rings. The molecule has 1 heterocycles. The van der Waals surface area contributed by atoms with E-state index in [0.717, 1.165) is 42.3 Å². The predicted molar refractivity (Wildman–Crippen MR) is 107 cm³/mol. The molecule has 0 radical (unpaired) electrons. The summed E-state index contributed by atoms with van der Waals surface area (Å²) in [5.41, 5.74) is 2.32. The Morgan fingerprint density at radius 1 is 1.07 bits per heavy atom. The fourth-order valence-corrected chi connectivity index (χ4v) is 3.97. The number of fused-ring (bicyclic) bond motifs is 1. The Kier molecular flexibility index (Phi) is 4.63. The highest BCUT2D eigenvalue weighted by Gasteiger charge is 2.41. The summed E-state index contributed by atoms with van der Waals surface area (Å²) in [6, 6.07) is 14.8. The van der Waals surface area contributed by atoms with Crippen LogP contribution >= 0.6 is 0 Å². The summed E-state index contributed by atoms with van der Waals surface area (Å²) in [7, 11) is 1.76. The van der Waals surface area contributed by atoms with E-state index in [0.29, 0.717) is 11.5 Å². The number of para-hydroxylation sites is 2. The Morgan fingerprint density at radius 3 is 2.39 bits per heavy atom. The number of rotatable bonds is 4. The summed E-state index contributed by atoms with van der Waals surface area (Å²) in [6.45, 7) is 1.49. The van der Waals surface area contributed by atoms with Gasteiger partial charge in [0.15, 0.2) is 5.58 Å². The van der Waals surface area contributed by atoms with Crippen molar-refractivity contribution in [1.82, 2.24) is 15.2 Å². The largest absolute Gasteiger partial charge is 0.436 e. The van der Waals surface area contributed by atoms with E-state index < -0.39 is 5.66 Å². The molecule has 144 valence electrons. The third-order valence-electron chi connectivity index (χ3n) is 5.46. The van der Waals surface area contributed by atoms with Crippen molar-refractivity contribution in [3.63, 3.8) is 0 Å². The maximum absolute atomic E-state index is 13.0. The van der Waals surface area contributed by atoms with Crippen molar-refractivity contribution >= 4 is 22.9 Å². The molecule has 1 saturated carbocycles. The fourth-order valence-electron chi connectivity index (χ4n) is 3.97. The second kappa shape index (κ2) is 7.11. The van der Waals surface area contributed by atoms with Crippen molar-refractivity contribution in [2.75, 3.05) is 7.05 Å². The number of amides is 2. The monoisotopic (exact) mass is 377 g/mol. The molecule has 0 spiro atoms. The third-order valence-corrected chi connectivity index (χ3v) is 5.46. The molecule has 1 aliphatic carbocycles. The lowest BCUT2D eigenvalue weighted by molar-refractivity contribution is -0.122. The van der Waals surface area contributed by atoms with Crippen molar-refractivity contribution in [2.45, 2.75) is 38.3 Å². The van der Waals surface area contributed by atoms with E-state index in [-0.39, 0.29) is 11.8 Å². The number of carbonyl (C=O) groups excluding carboxylic acids is 2. The Bertz CT molecular complexity index is 984. The molecule has 28 heavy (non-hydrogen) atoms. The summed E-state index contributed by atoms with van der Waals surface area (Å²) in [4.78, 5) is 30.9. The van der Waals surface area contributed by atoms with Gasteiger partial charge in [-0.1, -0.05) is 12.1 Å². The highest BCUT2D eigenvalue weighted by Crippen LogP contribution is 2.33. The van der Waals surface area contributed by atoms with Crippen LogP contribution in [0.4, 0.5) is 0 Å². The zero-order valence-electron chi connectivity index (χ0n) is 16.1. The van der Waals surface area contributed by atoms with E-state index in [4.69, 9.17) is 4.42 Å². The second-order valence-electron chi connectivity index (χ2n) is 7.35. The number of hydrogen-bond donors (Lipinski definition) is 1. The molecule has 4 rings (SSSR count). The Labute approximate surface area is 163 Å². The predicted octanol–water partition coefficient (Wildman–Crippen LogP) is 3.97. The van der Waals surface area contributed by atoms with Gasteiger partial charge >= 0.3 is 0 Å². The lowest BCUT2D eigenvalue weighted by Crippen LogP contribution is -2.59. The number of benzene rings is 2. The van der Waals surface area contributed by atoms with Gasteiger partial charge in [-0.05, 0) is 62.1 Å². The standard InChI is InChI=1S/C22H23N3O3/c1-15(26)24-22(13-5-6-14-22)25(2)21(27)17-11-9-16(10-12-17)20-23-18-7-3-4-8-19(18)28-20/h3-4,7-12H,5-6,13-14H2,1-2H3,(H,24,26). The van der Waals surface area contributed by atoms with Crippen molar-refractivity contribution < 1.29 is 14.0 Å². The second-order valence-corrected chi connectivity index (χ2v) is 7.35. The molecule has 1 aliphatic rings. The molecular formula is C22H23N3O3. The number of hydrogen-bond acceptors (Lipinski definition) is 4. The smallest absolute Gasteiger partial charge is 0.255 e. The van der Waals surface area contributed by atoms with E-state index in [2.05, 4.69) is 10.3 Å². The first-order chi connectivity index (χ1) is 13.5. The minimum atomic E-state index is -0.595. The fraction of sp³-hybridized carbons (Fsp3) is 0.318. The first-order valence-corrected chi connectivity index (χ1v) is 9.51. The highest BCUT2D eigenvalue weighted by atomic mass is 16.3. The average molecular weight is 377 g/mol. The van der Waals surface area contributed by atoms with Crippen LogP contribution in [0.25, 0.3) is 22.6 Å². The molecule has 2 aromatic carbocycles. The van der Waals surface area contributed by atoms with Crippen molar-refractivity contribution in [1.29, 1.82) is 0 Å². The highest BCUT2D eigenvalue weighted by molar-refractivity contribution is 5.95. The van der Waals surface area contributed by atoms with Gasteiger partial charge in [-0.3, -0.25) is 9.59 Å². The molecular weight excluding hydrogens is 354 g/mol. The Hall–Kier alpha value is -3.15. The van der Waals surface area contributed by atoms with Gasteiger partial charge < -0.3 is 14.6 Å². The lowest BCUT2D eigenvalue weighted by atomic mass is 10.0. The number of carbonyl (C=O) groups is 2. The van der Waals surface area contributed by atoms with Crippen LogP contribution in [0.5, 0.6) is 0 Å². The molecule has 0 bridgehead atoms. The van der Waals surface area contributed by atoms with Crippen LogP contribution in [-0.2, 0) is 4.79 Å². The molecule has 0 unspecified atom stereocenters. The third kappa shape index (κ3) is 3.26. The molecule has 0 saturated heterocycles. The topological polar surface area (TPSA) is 75.4 Å². The zero-order valence-corrected chi connectivity index (χ0v) is 16.1. The molecule has 0 aliphatic heterocycles. The van der Waals surface area contributed by atoms with Crippen LogP contribution in [0.1, 0.15) is 43.0 Å². The van der Waals surface area contributed by atoms with Crippen molar-refractivity contribution in [3.05, 3.63) is 54.1 Å². The van der Waals surface area contributed by atoms with Gasteiger partial charge in [0.2, 0.25) is 11.8 Å². The number of oxazole rings is 1. The van der Waals surface area contributed by atoms with Crippen molar-refractivity contribution in [2.24, 2.45) is 0 Å². The first kappa shape index (κ1) is 18.2. The van der Waals surface area contributed by atoms with E-state index >= 15 is 0 Å². The average Bonchev–Trinajstić information content (AvgIpc) is 3.34. The summed E-state index contributed by atoms with van der Waals surface area (Å²) in [5.74, 6) is 0.298. The van der Waals surface area contributed by atoms with Crippen LogP contribution in [0.15, 0.2) is 52.9 Å². The number of aromatic nitrogens is 1. The lowest BCUT2D eigenvalue weighted by Gasteiger charge is -2.39. The molecule has 0 atom stereocenters. The summed E-state index contributed by atoms with van der Waals surface area (Å²) >= 11 is 0. The Morgan fingerprint density at radius 2 is 1.75 bits per heavy atom. The normalized spacial score (nSPS) is 15.5. The maximum atomic E-state index is 13.0. The van der Waals surface area contributed by atoms with E-state index in [1.54, 1.807) is 24.1 Å². The quantitative estimate of drug-likeness (QED) is 0.698. The SMILES string of the molecule is CC(=O)NC1(N(C)C(=O)c2ccc(-c3nc4ccccc4o3)cc2)CCCC1. The van der Waals surface area contributed by atoms with Crippen LogP contribution in [0.3, 0.4) is 0 Å². The number of nitrogens with zero attached hydrogens (tertiary/aromatic N) is 2. The van der Waals surface area contributed by atoms with E-state index in [9.17, 15) is 9.59 Å². The van der Waals surface area contributed by atoms with E-state index in [1.807, 2.05) is 36.4 Å². The molecule has 1 aromatic heterocycles. The minimum Gasteiger partial charge on any atom is -0.436 e. The molecule has 1 N–H and O–H groups in total. The summed E-state index contributed by atoms with van der Waals surface area (Å²) in [5, 5.41) is 3.00. The molecule has 2 amide bonds. The molecule has 3 aromatic rings. The Balaban J connectivity index is 1.57. The van der Waals surface area contributed by atoms with Crippen LogP contribution < -0.4 is 5.32 Å². The van der Waals surface area contributed by atoms with Gasteiger partial charge in [0, 0.05) is 25.1 Å². The van der Waals surface area contributed by atoms with Gasteiger partial charge in [0.1, 0.15) is 11.2 Å². The number of nitrogens with one attached hydrogen (secondary N) is 1. The van der Waals surface area contributed by atoms with Crippen LogP contribution in [0, 0.1) is 0 Å². The van der Waals surface area contributed by atoms with Gasteiger partial charge in [-0.2, -0.15) is 0 Å². The van der Waals surface area contributed by atoms with Crippen LogP contribution in [0.2, 0.25) is 0 Å². The summed E-state index contributed by atoms with van der Waals surface area (Å²) < 4.78 is 5.79. The van der Waals surface area contributed by atoms with Gasteiger partial charge in [-0.25, -0.2) is 4.98 Å². The molecule has 6 nitrogen and oxygen atoms in total. The zero-order chi connectivity index (χ0) is 19.7. The van der Waals surface area contributed by atoms with Gasteiger partial charge in [0.25, 0.3) is 5.91 Å². The van der Waals surface area contributed by atoms with Gasteiger partial charge in [-0.15, -0.1) is 0 Å². The minimum absolute atomic E-state index is 0.111.